The molecule has 0 saturated heterocycles. The number of nitrogens with one attached hydrogen (secondary N) is 1. The first kappa shape index (κ1) is 20.1. The third-order valence-electron chi connectivity index (χ3n) is 4.53. The van der Waals surface area contributed by atoms with Gasteiger partial charge in [-0.25, -0.2) is 5.48 Å². The predicted octanol–water partition coefficient (Wildman–Crippen LogP) is 4.97. The molecule has 0 unspecified atom stereocenters. The van der Waals surface area contributed by atoms with Crippen molar-refractivity contribution in [2.75, 3.05) is 7.11 Å². The lowest BCUT2D eigenvalue weighted by molar-refractivity contribution is -0.146. The Kier molecular flexibility index (Phi) is 6.80. The van der Waals surface area contributed by atoms with Crippen LogP contribution >= 0.6 is 11.8 Å². The maximum Gasteiger partial charge on any atom is 0.244 e. The first-order chi connectivity index (χ1) is 11.7. The van der Waals surface area contributed by atoms with Gasteiger partial charge in [0.25, 0.3) is 0 Å². The number of carbonyl (C=O) groups is 1. The maximum atomic E-state index is 12.5. The van der Waals surface area contributed by atoms with Crippen LogP contribution in [0.25, 0.3) is 0 Å². The van der Waals surface area contributed by atoms with E-state index in [2.05, 4.69) is 24.5 Å². The number of hydrogen-bond acceptors (Lipinski definition) is 4. The third-order valence-corrected chi connectivity index (χ3v) is 6.03. The minimum absolute atomic E-state index is 0.0366. The van der Waals surface area contributed by atoms with Crippen LogP contribution in [0.5, 0.6) is 5.75 Å². The van der Waals surface area contributed by atoms with E-state index in [4.69, 9.17) is 9.57 Å². The van der Waals surface area contributed by atoms with Crippen LogP contribution in [0, 0.1) is 5.92 Å². The second-order valence-corrected chi connectivity index (χ2v) is 9.60. The quantitative estimate of drug-likeness (QED) is 0.723. The van der Waals surface area contributed by atoms with Gasteiger partial charge in [0.2, 0.25) is 5.91 Å². The summed E-state index contributed by atoms with van der Waals surface area (Å²) in [5.41, 5.74) is 2.26. The van der Waals surface area contributed by atoms with E-state index in [1.54, 1.807) is 7.11 Å². The van der Waals surface area contributed by atoms with E-state index in [1.807, 2.05) is 44.7 Å². The molecule has 2 rings (SSSR count). The Morgan fingerprint density at radius 3 is 2.36 bits per heavy atom. The first-order valence-corrected chi connectivity index (χ1v) is 9.83. The summed E-state index contributed by atoms with van der Waals surface area (Å²) in [7, 11) is 1.67. The number of hydrogen-bond donors (Lipinski definition) is 1. The summed E-state index contributed by atoms with van der Waals surface area (Å²) in [5.74, 6) is 1.55. The van der Waals surface area contributed by atoms with Gasteiger partial charge in [-0.3, -0.25) is 9.63 Å². The van der Waals surface area contributed by atoms with Gasteiger partial charge in [-0.15, -0.1) is 11.8 Å². The van der Waals surface area contributed by atoms with Crippen molar-refractivity contribution in [3.8, 4) is 5.75 Å². The van der Waals surface area contributed by atoms with Gasteiger partial charge < -0.3 is 4.74 Å². The van der Waals surface area contributed by atoms with Gasteiger partial charge in [-0.1, -0.05) is 6.92 Å². The molecule has 0 aliphatic heterocycles. The summed E-state index contributed by atoms with van der Waals surface area (Å²) in [5, 5.41) is 0. The zero-order chi connectivity index (χ0) is 18.5. The number of ether oxygens (including phenoxy) is 1. The molecule has 1 aromatic carbocycles. The minimum Gasteiger partial charge on any atom is -0.497 e. The van der Waals surface area contributed by atoms with Crippen molar-refractivity contribution in [2.45, 2.75) is 75.0 Å². The fraction of sp³-hybridized carbons (Fsp3) is 0.650. The number of benzene rings is 1. The van der Waals surface area contributed by atoms with Crippen molar-refractivity contribution in [3.63, 3.8) is 0 Å². The summed E-state index contributed by atoms with van der Waals surface area (Å²) in [6.07, 6.45) is 4.90. The number of amides is 1. The lowest BCUT2D eigenvalue weighted by Gasteiger charge is -2.38. The molecule has 140 valence electrons. The van der Waals surface area contributed by atoms with E-state index >= 15 is 0 Å². The van der Waals surface area contributed by atoms with Gasteiger partial charge >= 0.3 is 0 Å². The fourth-order valence-corrected chi connectivity index (χ4v) is 4.45. The molecule has 0 atom stereocenters. The standard InChI is InChI=1S/C20H31NO3S/c1-15-10-12-20(13-11-15,14-18(22)21-24-19(2,3)4)25-17-8-6-16(23-5)7-9-17/h6-9,15H,10-14H2,1-5H3,(H,21,22). The Balaban J connectivity index is 2.06. The number of rotatable bonds is 6. The molecule has 1 fully saturated rings. The number of carbonyl (C=O) groups excluding carboxylic acids is 1. The SMILES string of the molecule is COc1ccc(SC2(CC(=O)NOC(C)(C)C)CCC(C)CC2)cc1. The monoisotopic (exact) mass is 365 g/mol. The normalized spacial score (nSPS) is 24.0. The maximum absolute atomic E-state index is 12.5. The van der Waals surface area contributed by atoms with Crippen molar-refractivity contribution >= 4 is 17.7 Å². The van der Waals surface area contributed by atoms with E-state index in [1.165, 1.54) is 4.90 Å². The van der Waals surface area contributed by atoms with Crippen LogP contribution in [0.1, 0.15) is 59.8 Å². The topological polar surface area (TPSA) is 47.6 Å². The highest BCUT2D eigenvalue weighted by Gasteiger charge is 2.37. The molecule has 0 spiro atoms. The van der Waals surface area contributed by atoms with Gasteiger partial charge in [0, 0.05) is 16.1 Å². The molecular formula is C20H31NO3S. The summed E-state index contributed by atoms with van der Waals surface area (Å²) in [6.45, 7) is 8.08. The molecule has 1 aliphatic carbocycles. The largest absolute Gasteiger partial charge is 0.497 e. The van der Waals surface area contributed by atoms with Crippen molar-refractivity contribution < 1.29 is 14.4 Å². The van der Waals surface area contributed by atoms with E-state index in [0.29, 0.717) is 6.42 Å². The fourth-order valence-electron chi connectivity index (χ4n) is 3.04. The molecule has 4 nitrogen and oxygen atoms in total. The smallest absolute Gasteiger partial charge is 0.244 e. The van der Waals surface area contributed by atoms with Crippen LogP contribution in [0.2, 0.25) is 0 Å². The molecule has 1 N–H and O–H groups in total. The van der Waals surface area contributed by atoms with Gasteiger partial charge in [0.15, 0.2) is 0 Å². The van der Waals surface area contributed by atoms with Crippen LogP contribution in [-0.2, 0) is 9.63 Å². The van der Waals surface area contributed by atoms with E-state index in [9.17, 15) is 4.79 Å². The van der Waals surface area contributed by atoms with Crippen LogP contribution in [0.3, 0.4) is 0 Å². The van der Waals surface area contributed by atoms with Crippen LogP contribution in [-0.4, -0.2) is 23.4 Å². The highest BCUT2D eigenvalue weighted by atomic mass is 32.2. The molecule has 25 heavy (non-hydrogen) atoms. The molecule has 1 aromatic rings. The van der Waals surface area contributed by atoms with Gasteiger partial charge in [0.1, 0.15) is 5.75 Å². The summed E-state index contributed by atoms with van der Waals surface area (Å²) in [4.78, 5) is 19.1. The average molecular weight is 366 g/mol. The molecule has 0 heterocycles. The Morgan fingerprint density at radius 2 is 1.84 bits per heavy atom. The van der Waals surface area contributed by atoms with Crippen molar-refractivity contribution in [3.05, 3.63) is 24.3 Å². The molecule has 5 heteroatoms. The molecule has 1 aliphatic rings. The average Bonchev–Trinajstić information content (AvgIpc) is 2.56. The van der Waals surface area contributed by atoms with Gasteiger partial charge in [-0.05, 0) is 76.6 Å². The molecule has 0 bridgehead atoms. The Bertz CT molecular complexity index is 557. The van der Waals surface area contributed by atoms with Crippen molar-refractivity contribution in [2.24, 2.45) is 5.92 Å². The highest BCUT2D eigenvalue weighted by Crippen LogP contribution is 2.47. The van der Waals surface area contributed by atoms with E-state index in [0.717, 1.165) is 37.4 Å². The number of thioether (sulfide) groups is 1. The predicted molar refractivity (Wildman–Crippen MR) is 103 cm³/mol. The Hall–Kier alpha value is -1.20. The summed E-state index contributed by atoms with van der Waals surface area (Å²) < 4.78 is 5.17. The lowest BCUT2D eigenvalue weighted by Crippen LogP contribution is -2.40. The van der Waals surface area contributed by atoms with Crippen LogP contribution in [0.4, 0.5) is 0 Å². The zero-order valence-corrected chi connectivity index (χ0v) is 16.9. The molecular weight excluding hydrogens is 334 g/mol. The second kappa shape index (κ2) is 8.45. The van der Waals surface area contributed by atoms with Gasteiger partial charge in [0.05, 0.1) is 12.7 Å². The first-order valence-electron chi connectivity index (χ1n) is 9.01. The second-order valence-electron chi connectivity index (χ2n) is 8.06. The van der Waals surface area contributed by atoms with E-state index in [-0.39, 0.29) is 16.3 Å². The molecule has 1 amide bonds. The molecule has 0 radical (unpaired) electrons. The summed E-state index contributed by atoms with van der Waals surface area (Å²) in [6, 6.07) is 8.11. The summed E-state index contributed by atoms with van der Waals surface area (Å²) >= 11 is 1.82. The molecule has 1 saturated carbocycles. The van der Waals surface area contributed by atoms with Crippen molar-refractivity contribution in [1.82, 2.24) is 5.48 Å². The molecule has 0 aromatic heterocycles. The zero-order valence-electron chi connectivity index (χ0n) is 16.1. The number of hydroxylamine groups is 1. The van der Waals surface area contributed by atoms with Crippen molar-refractivity contribution in [1.29, 1.82) is 0 Å². The Labute approximate surface area is 156 Å². The number of methoxy groups -OCH3 is 1. The van der Waals surface area contributed by atoms with E-state index < -0.39 is 0 Å². The Morgan fingerprint density at radius 1 is 1.24 bits per heavy atom. The van der Waals surface area contributed by atoms with Crippen LogP contribution < -0.4 is 10.2 Å². The van der Waals surface area contributed by atoms with Crippen LogP contribution in [0.15, 0.2) is 29.2 Å². The highest BCUT2D eigenvalue weighted by molar-refractivity contribution is 8.00. The third kappa shape index (κ3) is 6.55. The van der Waals surface area contributed by atoms with Gasteiger partial charge in [-0.2, -0.15) is 0 Å². The minimum atomic E-state index is -0.382. The lowest BCUT2D eigenvalue weighted by atomic mass is 9.80.